The second kappa shape index (κ2) is 4.94. The van der Waals surface area contributed by atoms with Crippen LogP contribution >= 0.6 is 11.3 Å². The van der Waals surface area contributed by atoms with Crippen LogP contribution in [0.25, 0.3) is 0 Å². The number of aryl methyl sites for hydroxylation is 1. The van der Waals surface area contributed by atoms with E-state index < -0.39 is 0 Å². The minimum Gasteiger partial charge on any atom is -0.357 e. The van der Waals surface area contributed by atoms with E-state index >= 15 is 0 Å². The van der Waals surface area contributed by atoms with Crippen LogP contribution in [0.1, 0.15) is 18.1 Å². The van der Waals surface area contributed by atoms with Crippen LogP contribution in [0.15, 0.2) is 35.8 Å². The Morgan fingerprint density at radius 1 is 1.27 bits per heavy atom. The molecule has 0 fully saturated rings. The molecule has 0 radical (unpaired) electrons. The van der Waals surface area contributed by atoms with E-state index in [1.807, 2.05) is 11.6 Å². The monoisotopic (exact) mass is 218 g/mol. The van der Waals surface area contributed by atoms with Gasteiger partial charge < -0.3 is 5.32 Å². The van der Waals surface area contributed by atoms with E-state index in [9.17, 15) is 0 Å². The van der Waals surface area contributed by atoms with Gasteiger partial charge in [0.1, 0.15) is 0 Å². The van der Waals surface area contributed by atoms with Gasteiger partial charge in [-0.25, -0.2) is 4.98 Å². The summed E-state index contributed by atoms with van der Waals surface area (Å²) >= 11 is 1.63. The van der Waals surface area contributed by atoms with E-state index in [1.54, 1.807) is 11.3 Å². The lowest BCUT2D eigenvalue weighted by molar-refractivity contribution is 1.04. The standard InChI is InChI=1S/C12H14N2S/c1-2-10-5-3-4-6-11(10)9-14-12-13-7-8-15-12/h3-8H,2,9H2,1H3,(H,13,14). The molecular weight excluding hydrogens is 204 g/mol. The van der Waals surface area contributed by atoms with Gasteiger partial charge in [0.25, 0.3) is 0 Å². The molecule has 1 heterocycles. The molecule has 1 N–H and O–H groups in total. The Balaban J connectivity index is 2.04. The molecule has 0 bridgehead atoms. The number of hydrogen-bond acceptors (Lipinski definition) is 3. The van der Waals surface area contributed by atoms with Gasteiger partial charge in [0, 0.05) is 18.1 Å². The minimum absolute atomic E-state index is 0.859. The molecule has 0 spiro atoms. The van der Waals surface area contributed by atoms with Crippen molar-refractivity contribution in [2.24, 2.45) is 0 Å². The van der Waals surface area contributed by atoms with Gasteiger partial charge in [-0.2, -0.15) is 0 Å². The van der Waals surface area contributed by atoms with Gasteiger partial charge in [0.2, 0.25) is 0 Å². The highest BCUT2D eigenvalue weighted by Gasteiger charge is 2.00. The molecule has 0 unspecified atom stereocenters. The fourth-order valence-electron chi connectivity index (χ4n) is 1.56. The summed E-state index contributed by atoms with van der Waals surface area (Å²) in [7, 11) is 0. The molecule has 1 aromatic heterocycles. The first-order valence-electron chi connectivity index (χ1n) is 5.10. The first-order chi connectivity index (χ1) is 7.40. The number of nitrogens with one attached hydrogen (secondary N) is 1. The van der Waals surface area contributed by atoms with Crippen LogP contribution in [0.4, 0.5) is 5.13 Å². The van der Waals surface area contributed by atoms with Gasteiger partial charge in [-0.1, -0.05) is 31.2 Å². The number of thiazole rings is 1. The Bertz CT molecular complexity index is 409. The number of benzene rings is 1. The molecule has 2 aromatic rings. The summed E-state index contributed by atoms with van der Waals surface area (Å²) in [5.41, 5.74) is 2.76. The predicted molar refractivity (Wildman–Crippen MR) is 65.3 cm³/mol. The average Bonchev–Trinajstić information content (AvgIpc) is 2.79. The molecule has 78 valence electrons. The fourth-order valence-corrected chi connectivity index (χ4v) is 2.08. The summed E-state index contributed by atoms with van der Waals surface area (Å²) in [4.78, 5) is 4.19. The van der Waals surface area contributed by atoms with Crippen LogP contribution in [-0.4, -0.2) is 4.98 Å². The summed E-state index contributed by atoms with van der Waals surface area (Å²) < 4.78 is 0. The third-order valence-corrected chi connectivity index (χ3v) is 3.09. The molecule has 0 amide bonds. The Morgan fingerprint density at radius 3 is 2.73 bits per heavy atom. The lowest BCUT2D eigenvalue weighted by atomic mass is 10.1. The van der Waals surface area contributed by atoms with E-state index in [2.05, 4.69) is 41.5 Å². The first kappa shape index (κ1) is 10.2. The highest BCUT2D eigenvalue weighted by atomic mass is 32.1. The normalized spacial score (nSPS) is 10.2. The molecule has 0 saturated heterocycles. The Kier molecular flexibility index (Phi) is 3.35. The molecule has 15 heavy (non-hydrogen) atoms. The summed E-state index contributed by atoms with van der Waals surface area (Å²) in [5.74, 6) is 0. The molecule has 0 atom stereocenters. The van der Waals surface area contributed by atoms with Crippen molar-refractivity contribution in [3.05, 3.63) is 47.0 Å². The van der Waals surface area contributed by atoms with Crippen molar-refractivity contribution < 1.29 is 0 Å². The lowest BCUT2D eigenvalue weighted by Crippen LogP contribution is -2.01. The molecule has 1 aromatic carbocycles. The van der Waals surface area contributed by atoms with E-state index in [0.717, 1.165) is 18.1 Å². The zero-order valence-electron chi connectivity index (χ0n) is 8.73. The van der Waals surface area contributed by atoms with Gasteiger partial charge in [0.05, 0.1) is 0 Å². The summed E-state index contributed by atoms with van der Waals surface area (Å²) in [6.07, 6.45) is 2.90. The van der Waals surface area contributed by atoms with Gasteiger partial charge in [-0.05, 0) is 17.5 Å². The smallest absolute Gasteiger partial charge is 0.182 e. The second-order valence-corrected chi connectivity index (χ2v) is 4.21. The lowest BCUT2D eigenvalue weighted by Gasteiger charge is -2.07. The van der Waals surface area contributed by atoms with Crippen LogP contribution in [-0.2, 0) is 13.0 Å². The van der Waals surface area contributed by atoms with Crippen molar-refractivity contribution in [1.82, 2.24) is 4.98 Å². The number of aromatic nitrogens is 1. The van der Waals surface area contributed by atoms with Crippen LogP contribution in [0.2, 0.25) is 0 Å². The highest BCUT2D eigenvalue weighted by Crippen LogP contribution is 2.14. The maximum absolute atomic E-state index is 4.19. The van der Waals surface area contributed by atoms with Crippen molar-refractivity contribution in [2.45, 2.75) is 19.9 Å². The summed E-state index contributed by atoms with van der Waals surface area (Å²) in [6.45, 7) is 3.04. The molecule has 0 aliphatic heterocycles. The van der Waals surface area contributed by atoms with E-state index in [0.29, 0.717) is 0 Å². The quantitative estimate of drug-likeness (QED) is 0.851. The van der Waals surface area contributed by atoms with Crippen molar-refractivity contribution in [1.29, 1.82) is 0 Å². The predicted octanol–water partition coefficient (Wildman–Crippen LogP) is 3.32. The van der Waals surface area contributed by atoms with Crippen LogP contribution in [0.3, 0.4) is 0 Å². The van der Waals surface area contributed by atoms with Crippen molar-refractivity contribution in [2.75, 3.05) is 5.32 Å². The zero-order chi connectivity index (χ0) is 10.5. The Hall–Kier alpha value is -1.35. The number of anilines is 1. The summed E-state index contributed by atoms with van der Waals surface area (Å²) in [6, 6.07) is 8.52. The average molecular weight is 218 g/mol. The number of hydrogen-bond donors (Lipinski definition) is 1. The van der Waals surface area contributed by atoms with E-state index in [1.165, 1.54) is 11.1 Å². The van der Waals surface area contributed by atoms with Gasteiger partial charge >= 0.3 is 0 Å². The van der Waals surface area contributed by atoms with Crippen LogP contribution in [0.5, 0.6) is 0 Å². The van der Waals surface area contributed by atoms with Gasteiger partial charge in [0.15, 0.2) is 5.13 Å². The molecular formula is C12H14N2S. The molecule has 2 nitrogen and oxygen atoms in total. The second-order valence-electron chi connectivity index (χ2n) is 3.31. The Morgan fingerprint density at radius 2 is 2.07 bits per heavy atom. The van der Waals surface area contributed by atoms with Crippen LogP contribution < -0.4 is 5.32 Å². The largest absolute Gasteiger partial charge is 0.357 e. The maximum atomic E-state index is 4.19. The van der Waals surface area contributed by atoms with Gasteiger partial charge in [-0.3, -0.25) is 0 Å². The molecule has 0 saturated carbocycles. The molecule has 3 heteroatoms. The minimum atomic E-state index is 0.859. The third kappa shape index (κ3) is 2.57. The molecule has 0 aliphatic carbocycles. The fraction of sp³-hybridized carbons (Fsp3) is 0.250. The van der Waals surface area contributed by atoms with E-state index in [-0.39, 0.29) is 0 Å². The maximum Gasteiger partial charge on any atom is 0.182 e. The topological polar surface area (TPSA) is 24.9 Å². The number of rotatable bonds is 4. The van der Waals surface area contributed by atoms with Crippen molar-refractivity contribution >= 4 is 16.5 Å². The highest BCUT2D eigenvalue weighted by molar-refractivity contribution is 7.13. The van der Waals surface area contributed by atoms with E-state index in [4.69, 9.17) is 0 Å². The zero-order valence-corrected chi connectivity index (χ0v) is 9.55. The molecule has 0 aliphatic rings. The SMILES string of the molecule is CCc1ccccc1CNc1nccs1. The van der Waals surface area contributed by atoms with Crippen molar-refractivity contribution in [3.63, 3.8) is 0 Å². The first-order valence-corrected chi connectivity index (χ1v) is 5.98. The Labute approximate surface area is 94.0 Å². The summed E-state index contributed by atoms with van der Waals surface area (Å²) in [5, 5.41) is 6.29. The number of nitrogens with zero attached hydrogens (tertiary/aromatic N) is 1. The van der Waals surface area contributed by atoms with Gasteiger partial charge in [-0.15, -0.1) is 11.3 Å². The van der Waals surface area contributed by atoms with Crippen molar-refractivity contribution in [3.8, 4) is 0 Å². The molecule has 2 rings (SSSR count). The van der Waals surface area contributed by atoms with Crippen LogP contribution in [0, 0.1) is 0 Å². The third-order valence-electron chi connectivity index (χ3n) is 2.36.